The van der Waals surface area contributed by atoms with E-state index in [-0.39, 0.29) is 0 Å². The van der Waals surface area contributed by atoms with E-state index in [9.17, 15) is 0 Å². The normalized spacial score (nSPS) is 12.5. The first-order chi connectivity index (χ1) is 28.8. The van der Waals surface area contributed by atoms with Gasteiger partial charge in [-0.2, -0.15) is 0 Å². The largest absolute Gasteiger partial charge is 0.456 e. The number of hydrogen-bond donors (Lipinski definition) is 0. The molecule has 0 aliphatic carbocycles. The van der Waals surface area contributed by atoms with Gasteiger partial charge in [-0.1, -0.05) is 109 Å². The fourth-order valence-corrected chi connectivity index (χ4v) is 10.3. The molecule has 5 heterocycles. The van der Waals surface area contributed by atoms with Crippen molar-refractivity contribution in [2.45, 2.75) is 0 Å². The smallest absolute Gasteiger partial charge is 0.137 e. The average Bonchev–Trinajstić information content (AvgIpc) is 4.08. The van der Waals surface area contributed by atoms with Crippen LogP contribution in [0, 0.1) is 0 Å². The lowest BCUT2D eigenvalue weighted by Crippen LogP contribution is -1.94. The summed E-state index contributed by atoms with van der Waals surface area (Å²) in [6.07, 6.45) is 0. The van der Waals surface area contributed by atoms with Crippen LogP contribution in [-0.4, -0.2) is 13.5 Å². The molecular weight excluding hydrogens is 707 g/mol. The van der Waals surface area contributed by atoms with Crippen molar-refractivity contribution in [3.05, 3.63) is 188 Å². The molecule has 0 spiro atoms. The molecular formula is C54H31N3O. The second-order valence-electron chi connectivity index (χ2n) is 15.7. The molecule has 0 N–H and O–H groups in total. The number of benzene rings is 9. The number of nitrogens with zero attached hydrogens (tertiary/aromatic N) is 3. The average molecular weight is 738 g/mol. The van der Waals surface area contributed by atoms with E-state index in [0.29, 0.717) is 0 Å². The summed E-state index contributed by atoms with van der Waals surface area (Å²) in [5.41, 5.74) is 15.0. The van der Waals surface area contributed by atoms with Crippen LogP contribution in [0.1, 0.15) is 0 Å². The minimum atomic E-state index is 0.897. The van der Waals surface area contributed by atoms with E-state index in [1.807, 2.05) is 12.1 Å². The molecule has 0 radical (unpaired) electrons. The van der Waals surface area contributed by atoms with Crippen LogP contribution in [0.15, 0.2) is 192 Å². The quantitative estimate of drug-likeness (QED) is 0.177. The summed E-state index contributed by atoms with van der Waals surface area (Å²) in [4.78, 5) is 0. The standard InChI is InChI=1S/C54H31N3O/c1-7-18-48-36(10-1)42-14-9-15-43-39-24-22-34(30-51(39)57(48)54(42)43)55-46-16-5-2-11-37(46)44-28-32(20-26-49(44)55)33-21-27-50-45(29-33)38-12-3-6-17-47(38)56(50)35-23-25-41-40-13-4-8-19-52(40)58-53(41)31-35/h1-31H. The first kappa shape index (κ1) is 30.4. The van der Waals surface area contributed by atoms with Gasteiger partial charge in [-0.25, -0.2) is 0 Å². The predicted molar refractivity (Wildman–Crippen MR) is 242 cm³/mol. The predicted octanol–water partition coefficient (Wildman–Crippen LogP) is 14.6. The van der Waals surface area contributed by atoms with Crippen LogP contribution < -0.4 is 0 Å². The van der Waals surface area contributed by atoms with E-state index in [0.717, 1.165) is 33.3 Å². The van der Waals surface area contributed by atoms with Gasteiger partial charge in [-0.05, 0) is 83.9 Å². The van der Waals surface area contributed by atoms with Crippen LogP contribution in [0.3, 0.4) is 0 Å². The van der Waals surface area contributed by atoms with Gasteiger partial charge in [0.25, 0.3) is 0 Å². The Morgan fingerprint density at radius 3 is 1.40 bits per heavy atom. The summed E-state index contributed by atoms with van der Waals surface area (Å²) in [5, 5.41) is 12.4. The SMILES string of the molecule is c1ccc2c(c1)oc1cc(-n3c4ccccc4c4cc(-c5ccc6c(c5)c5ccccc5n6-c5ccc6c7cccc8c9ccccc9n(c6c5)c87)ccc43)ccc12. The second-order valence-corrected chi connectivity index (χ2v) is 15.7. The lowest BCUT2D eigenvalue weighted by molar-refractivity contribution is 0.668. The summed E-state index contributed by atoms with van der Waals surface area (Å²) >= 11 is 0. The molecule has 0 bridgehead atoms. The van der Waals surface area contributed by atoms with Crippen LogP contribution in [0.2, 0.25) is 0 Å². The third-order valence-electron chi connectivity index (χ3n) is 12.8. The van der Waals surface area contributed by atoms with E-state index in [1.165, 1.54) is 92.8 Å². The fourth-order valence-electron chi connectivity index (χ4n) is 10.3. The fraction of sp³-hybridized carbons (Fsp3) is 0. The minimum Gasteiger partial charge on any atom is -0.456 e. The molecule has 4 heteroatoms. The summed E-state index contributed by atoms with van der Waals surface area (Å²) < 4.78 is 13.6. The van der Waals surface area contributed by atoms with Crippen molar-refractivity contribution in [3.8, 4) is 22.5 Å². The third-order valence-corrected chi connectivity index (χ3v) is 12.8. The van der Waals surface area contributed by atoms with Gasteiger partial charge in [0.2, 0.25) is 0 Å². The molecule has 4 nitrogen and oxygen atoms in total. The molecule has 0 unspecified atom stereocenters. The molecule has 0 atom stereocenters. The maximum atomic E-state index is 6.33. The molecule has 14 rings (SSSR count). The zero-order chi connectivity index (χ0) is 37.6. The Balaban J connectivity index is 0.945. The zero-order valence-corrected chi connectivity index (χ0v) is 31.1. The van der Waals surface area contributed by atoms with Gasteiger partial charge in [-0.15, -0.1) is 0 Å². The van der Waals surface area contributed by atoms with Crippen LogP contribution in [0.5, 0.6) is 0 Å². The van der Waals surface area contributed by atoms with Crippen LogP contribution in [0.4, 0.5) is 0 Å². The Hall–Kier alpha value is -7.82. The first-order valence-electron chi connectivity index (χ1n) is 19.9. The van der Waals surface area contributed by atoms with E-state index in [2.05, 4.69) is 189 Å². The number of hydrogen-bond acceptors (Lipinski definition) is 1. The van der Waals surface area contributed by atoms with E-state index in [1.54, 1.807) is 0 Å². The number of para-hydroxylation sites is 5. The van der Waals surface area contributed by atoms with Gasteiger partial charge in [0.15, 0.2) is 0 Å². The third kappa shape index (κ3) is 3.88. The lowest BCUT2D eigenvalue weighted by atomic mass is 10.0. The molecule has 0 aliphatic heterocycles. The monoisotopic (exact) mass is 737 g/mol. The first-order valence-corrected chi connectivity index (χ1v) is 19.9. The molecule has 14 aromatic rings. The molecule has 0 aliphatic rings. The molecule has 0 amide bonds. The maximum Gasteiger partial charge on any atom is 0.137 e. The van der Waals surface area contributed by atoms with E-state index < -0.39 is 0 Å². The molecule has 5 aromatic heterocycles. The van der Waals surface area contributed by atoms with Crippen molar-refractivity contribution in [1.82, 2.24) is 13.5 Å². The molecule has 0 saturated carbocycles. The zero-order valence-electron chi connectivity index (χ0n) is 31.1. The highest BCUT2D eigenvalue weighted by Gasteiger charge is 2.20. The summed E-state index contributed by atoms with van der Waals surface area (Å²) in [6.45, 7) is 0. The Kier molecular flexibility index (Phi) is 5.73. The van der Waals surface area contributed by atoms with E-state index >= 15 is 0 Å². The minimum absolute atomic E-state index is 0.897. The Morgan fingerprint density at radius 1 is 0.276 bits per heavy atom. The van der Waals surface area contributed by atoms with Crippen molar-refractivity contribution >= 4 is 104 Å². The van der Waals surface area contributed by atoms with Crippen molar-refractivity contribution in [2.24, 2.45) is 0 Å². The van der Waals surface area contributed by atoms with Gasteiger partial charge in [0, 0.05) is 71.3 Å². The highest BCUT2D eigenvalue weighted by molar-refractivity contribution is 6.23. The van der Waals surface area contributed by atoms with Gasteiger partial charge >= 0.3 is 0 Å². The molecule has 58 heavy (non-hydrogen) atoms. The highest BCUT2D eigenvalue weighted by Crippen LogP contribution is 2.42. The van der Waals surface area contributed by atoms with E-state index in [4.69, 9.17) is 4.42 Å². The molecule has 9 aromatic carbocycles. The number of fused-ring (bicyclic) bond motifs is 15. The number of furan rings is 1. The Bertz CT molecular complexity index is 4040. The lowest BCUT2D eigenvalue weighted by Gasteiger charge is -2.10. The maximum absolute atomic E-state index is 6.33. The van der Waals surface area contributed by atoms with Crippen LogP contribution in [0.25, 0.3) is 126 Å². The van der Waals surface area contributed by atoms with Gasteiger partial charge in [0.1, 0.15) is 11.2 Å². The summed E-state index contributed by atoms with van der Waals surface area (Å²) in [6, 6.07) is 68.8. The van der Waals surface area contributed by atoms with Crippen molar-refractivity contribution in [3.63, 3.8) is 0 Å². The molecule has 0 saturated heterocycles. The van der Waals surface area contributed by atoms with Crippen molar-refractivity contribution < 1.29 is 4.42 Å². The molecule has 268 valence electrons. The highest BCUT2D eigenvalue weighted by atomic mass is 16.3. The summed E-state index contributed by atoms with van der Waals surface area (Å²) in [7, 11) is 0. The van der Waals surface area contributed by atoms with Crippen molar-refractivity contribution in [1.29, 1.82) is 0 Å². The molecule has 0 fully saturated rings. The van der Waals surface area contributed by atoms with Gasteiger partial charge < -0.3 is 18.0 Å². The van der Waals surface area contributed by atoms with Gasteiger partial charge in [0.05, 0.1) is 38.6 Å². The van der Waals surface area contributed by atoms with Crippen LogP contribution in [-0.2, 0) is 0 Å². The topological polar surface area (TPSA) is 27.4 Å². The van der Waals surface area contributed by atoms with Crippen molar-refractivity contribution in [2.75, 3.05) is 0 Å². The summed E-state index contributed by atoms with van der Waals surface area (Å²) in [5.74, 6) is 0. The number of aromatic nitrogens is 3. The van der Waals surface area contributed by atoms with Crippen LogP contribution >= 0.6 is 0 Å². The van der Waals surface area contributed by atoms with Gasteiger partial charge in [-0.3, -0.25) is 0 Å². The Labute approximate surface area is 330 Å². The second kappa shape index (κ2) is 10.9. The number of rotatable bonds is 3. The Morgan fingerprint density at radius 2 is 0.741 bits per heavy atom.